The number of ether oxygens (including phenoxy) is 1. The minimum atomic E-state index is -0.341. The second-order valence-electron chi connectivity index (χ2n) is 7.33. The number of halogens is 1. The average molecular weight is 405 g/mol. The molecule has 152 valence electrons. The van der Waals surface area contributed by atoms with E-state index in [2.05, 4.69) is 15.2 Å². The van der Waals surface area contributed by atoms with E-state index >= 15 is 0 Å². The Morgan fingerprint density at radius 2 is 2.10 bits per heavy atom. The van der Waals surface area contributed by atoms with E-state index in [4.69, 9.17) is 15.0 Å². The van der Waals surface area contributed by atoms with Gasteiger partial charge in [0.25, 0.3) is 0 Å². The summed E-state index contributed by atoms with van der Waals surface area (Å²) in [5.74, 6) is 1.07. The lowest BCUT2D eigenvalue weighted by Gasteiger charge is -2.15. The van der Waals surface area contributed by atoms with E-state index in [-0.39, 0.29) is 18.2 Å². The van der Waals surface area contributed by atoms with Gasteiger partial charge in [0.2, 0.25) is 0 Å². The summed E-state index contributed by atoms with van der Waals surface area (Å²) in [5, 5.41) is 8.90. The van der Waals surface area contributed by atoms with Crippen LogP contribution in [0.3, 0.4) is 0 Å². The van der Waals surface area contributed by atoms with Gasteiger partial charge in [-0.2, -0.15) is 5.10 Å². The average Bonchev–Trinajstić information content (AvgIpc) is 3.30. The van der Waals surface area contributed by atoms with Gasteiger partial charge in [-0.05, 0) is 30.7 Å². The topological polar surface area (TPSA) is 92.0 Å². The molecule has 3 aromatic heterocycles. The molecule has 1 aliphatic heterocycles. The van der Waals surface area contributed by atoms with E-state index < -0.39 is 0 Å². The van der Waals surface area contributed by atoms with E-state index in [0.29, 0.717) is 29.9 Å². The molecule has 8 heteroatoms. The molecule has 0 radical (unpaired) electrons. The largest absolute Gasteiger partial charge is 0.485 e. The van der Waals surface area contributed by atoms with Crippen LogP contribution in [0, 0.1) is 5.82 Å². The minimum Gasteiger partial charge on any atom is -0.485 e. The van der Waals surface area contributed by atoms with Gasteiger partial charge in [-0.3, -0.25) is 4.68 Å². The van der Waals surface area contributed by atoms with Crippen molar-refractivity contribution in [3.63, 3.8) is 0 Å². The smallest absolute Gasteiger partial charge is 0.166 e. The van der Waals surface area contributed by atoms with Gasteiger partial charge >= 0.3 is 0 Å². The highest BCUT2D eigenvalue weighted by Crippen LogP contribution is 2.37. The maximum absolute atomic E-state index is 14.0. The van der Waals surface area contributed by atoms with Gasteiger partial charge in [-0.1, -0.05) is 12.1 Å². The van der Waals surface area contributed by atoms with Crippen molar-refractivity contribution in [2.45, 2.75) is 26.4 Å². The first-order valence-electron chi connectivity index (χ1n) is 9.71. The fourth-order valence-corrected chi connectivity index (χ4v) is 3.89. The number of benzene rings is 1. The Morgan fingerprint density at radius 1 is 1.23 bits per heavy atom. The molecule has 0 spiro atoms. The molecule has 0 atom stereocenters. The van der Waals surface area contributed by atoms with E-state index in [1.54, 1.807) is 16.9 Å². The van der Waals surface area contributed by atoms with E-state index in [9.17, 15) is 4.39 Å². The predicted octanol–water partition coefficient (Wildman–Crippen LogP) is 3.90. The third-order valence-electron chi connectivity index (χ3n) is 5.30. The Balaban J connectivity index is 1.78. The summed E-state index contributed by atoms with van der Waals surface area (Å²) in [6.45, 7) is 2.16. The van der Waals surface area contributed by atoms with Crippen molar-refractivity contribution >= 4 is 5.82 Å². The number of nitrogens with zero attached hydrogens (tertiary/aromatic N) is 4. The Labute approximate surface area is 172 Å². The molecule has 7 nitrogen and oxygen atoms in total. The number of rotatable bonds is 1. The SMILES string of the molecule is CCc1noc2c1-c1cnc(N)c(c1)OCc1cc(F)ccc1-c1nn(C)cc1C2. The standard InChI is InChI=1S/C22H20FN5O2/c1-3-17-20-12-7-19(22(24)25-9-12)29-11-14-6-15(23)4-5-16(14)21-13(10-28(2)26-21)8-18(20)30-27-17/h4-7,9-10H,3,8,11H2,1-2H3,(H2,24,25). The Kier molecular flexibility index (Phi) is 4.27. The number of nitrogen functional groups attached to an aromatic ring is 1. The molecule has 2 N–H and O–H groups in total. The molecule has 0 aliphatic carbocycles. The maximum atomic E-state index is 14.0. The first kappa shape index (κ1) is 18.4. The molecule has 1 aliphatic rings. The third-order valence-corrected chi connectivity index (χ3v) is 5.30. The molecule has 0 unspecified atom stereocenters. The van der Waals surface area contributed by atoms with Gasteiger partial charge in [0.1, 0.15) is 18.2 Å². The summed E-state index contributed by atoms with van der Waals surface area (Å²) < 4.78 is 27.5. The molecule has 1 aromatic carbocycles. The number of anilines is 1. The molecule has 2 bridgehead atoms. The quantitative estimate of drug-likeness (QED) is 0.516. The van der Waals surface area contributed by atoms with E-state index in [1.165, 1.54) is 12.1 Å². The zero-order valence-corrected chi connectivity index (χ0v) is 16.6. The van der Waals surface area contributed by atoms with Gasteiger partial charge in [0.15, 0.2) is 11.6 Å². The molecular formula is C22H20FN5O2. The van der Waals surface area contributed by atoms with Crippen LogP contribution < -0.4 is 10.5 Å². The first-order valence-corrected chi connectivity index (χ1v) is 9.71. The minimum absolute atomic E-state index is 0.134. The summed E-state index contributed by atoms with van der Waals surface area (Å²) >= 11 is 0. The maximum Gasteiger partial charge on any atom is 0.166 e. The number of hydrogen-bond donors (Lipinski definition) is 1. The van der Waals surface area contributed by atoms with Crippen LogP contribution in [-0.4, -0.2) is 19.9 Å². The van der Waals surface area contributed by atoms with Crippen LogP contribution in [0.15, 0.2) is 41.2 Å². The molecule has 0 fully saturated rings. The lowest BCUT2D eigenvalue weighted by molar-refractivity contribution is 0.307. The van der Waals surface area contributed by atoms with Crippen molar-refractivity contribution in [3.05, 3.63) is 65.1 Å². The second-order valence-corrected chi connectivity index (χ2v) is 7.33. The summed E-state index contributed by atoms with van der Waals surface area (Å²) in [6, 6.07) is 6.45. The highest BCUT2D eigenvalue weighted by molar-refractivity contribution is 5.73. The van der Waals surface area contributed by atoms with Crippen LogP contribution in [0.25, 0.3) is 22.4 Å². The fourth-order valence-electron chi connectivity index (χ4n) is 3.89. The Bertz CT molecular complexity index is 1260. The van der Waals surface area contributed by atoms with Crippen LogP contribution >= 0.6 is 0 Å². The second kappa shape index (κ2) is 6.98. The number of aryl methyl sites for hydroxylation is 2. The lowest BCUT2D eigenvalue weighted by atomic mass is 9.96. The van der Waals surface area contributed by atoms with E-state index in [0.717, 1.165) is 33.6 Å². The van der Waals surface area contributed by atoms with Crippen molar-refractivity contribution < 1.29 is 13.7 Å². The molecule has 0 amide bonds. The fraction of sp³-hybridized carbons (Fsp3) is 0.227. The predicted molar refractivity (Wildman–Crippen MR) is 109 cm³/mol. The van der Waals surface area contributed by atoms with E-state index in [1.807, 2.05) is 26.2 Å². The normalized spacial score (nSPS) is 12.8. The van der Waals surface area contributed by atoms with Crippen LogP contribution in [0.2, 0.25) is 0 Å². The monoisotopic (exact) mass is 405 g/mol. The highest BCUT2D eigenvalue weighted by Gasteiger charge is 2.23. The molecule has 4 aromatic rings. The van der Waals surface area contributed by atoms with Crippen molar-refractivity contribution in [2.75, 3.05) is 5.73 Å². The summed E-state index contributed by atoms with van der Waals surface area (Å²) in [4.78, 5) is 4.30. The zero-order chi connectivity index (χ0) is 20.8. The number of pyridine rings is 1. The number of fused-ring (bicyclic) bond motifs is 7. The van der Waals surface area contributed by atoms with Crippen molar-refractivity contribution in [2.24, 2.45) is 7.05 Å². The molecule has 30 heavy (non-hydrogen) atoms. The van der Waals surface area contributed by atoms with Crippen molar-refractivity contribution in [1.82, 2.24) is 19.9 Å². The molecule has 0 saturated carbocycles. The summed E-state index contributed by atoms with van der Waals surface area (Å²) in [7, 11) is 1.86. The summed E-state index contributed by atoms with van der Waals surface area (Å²) in [6.07, 6.45) is 4.84. The van der Waals surface area contributed by atoms with Crippen LogP contribution in [0.1, 0.15) is 29.5 Å². The van der Waals surface area contributed by atoms with Gasteiger partial charge in [-0.15, -0.1) is 0 Å². The summed E-state index contributed by atoms with van der Waals surface area (Å²) in [5.41, 5.74) is 11.8. The zero-order valence-electron chi connectivity index (χ0n) is 16.6. The highest BCUT2D eigenvalue weighted by atomic mass is 19.1. The van der Waals surface area contributed by atoms with Gasteiger partial charge in [-0.25, -0.2) is 9.37 Å². The van der Waals surface area contributed by atoms with Gasteiger partial charge < -0.3 is 15.0 Å². The number of aromatic nitrogens is 4. The Morgan fingerprint density at radius 3 is 2.93 bits per heavy atom. The van der Waals surface area contributed by atoms with Crippen LogP contribution in [-0.2, 0) is 26.5 Å². The molecule has 5 rings (SSSR count). The van der Waals surface area contributed by atoms with Crippen LogP contribution in [0.5, 0.6) is 5.75 Å². The van der Waals surface area contributed by atoms with Crippen molar-refractivity contribution in [1.29, 1.82) is 0 Å². The Hall–Kier alpha value is -3.68. The van der Waals surface area contributed by atoms with Crippen molar-refractivity contribution in [3.8, 4) is 28.1 Å². The lowest BCUT2D eigenvalue weighted by Crippen LogP contribution is -2.05. The molecule has 0 saturated heterocycles. The van der Waals surface area contributed by atoms with Crippen LogP contribution in [0.4, 0.5) is 10.2 Å². The first-order chi connectivity index (χ1) is 14.5. The number of nitrogens with two attached hydrogens (primary N) is 1. The van der Waals surface area contributed by atoms with Gasteiger partial charge in [0, 0.05) is 53.7 Å². The third kappa shape index (κ3) is 3.01. The van der Waals surface area contributed by atoms with Gasteiger partial charge in [0.05, 0.1) is 11.4 Å². The molecular weight excluding hydrogens is 385 g/mol. The number of hydrogen-bond acceptors (Lipinski definition) is 6. The molecule has 4 heterocycles.